The molecule has 2 radical (unpaired) electrons. The minimum atomic E-state index is -0.967. The third-order valence-electron chi connectivity index (χ3n) is 2.90. The number of hydrogen-bond donors (Lipinski definition) is 0. The predicted octanol–water partition coefficient (Wildman–Crippen LogP) is 3.70. The van der Waals surface area contributed by atoms with Crippen LogP contribution in [-0.2, 0) is 0 Å². The van der Waals surface area contributed by atoms with Crippen molar-refractivity contribution in [1.29, 1.82) is 0 Å². The van der Waals surface area contributed by atoms with E-state index in [9.17, 15) is 0 Å². The Balaban J connectivity index is 0. The SMILES string of the molecule is CCC[CH2][SnH]([CH2]CCC)[CH2]CCC.[PbH2]. The van der Waals surface area contributed by atoms with Gasteiger partial charge in [-0.05, 0) is 0 Å². The fourth-order valence-electron chi connectivity index (χ4n) is 1.91. The average molecular weight is 500 g/mol. The average Bonchev–Trinajstić information content (AvgIpc) is 2.17. The first kappa shape index (κ1) is 18.1. The summed E-state index contributed by atoms with van der Waals surface area (Å²) in [5.41, 5.74) is 0. The molecule has 0 atom stereocenters. The second-order valence-electron chi connectivity index (χ2n) is 4.29. The molecule has 0 N–H and O–H groups in total. The quantitative estimate of drug-likeness (QED) is 0.424. The van der Waals surface area contributed by atoms with Gasteiger partial charge in [0.25, 0.3) is 0 Å². The molecule has 0 aromatic carbocycles. The van der Waals surface area contributed by atoms with Gasteiger partial charge in [-0.1, -0.05) is 0 Å². The van der Waals surface area contributed by atoms with E-state index in [4.69, 9.17) is 0 Å². The zero-order chi connectivity index (χ0) is 9.94. The van der Waals surface area contributed by atoms with Crippen LogP contribution in [0, 0.1) is 0 Å². The van der Waals surface area contributed by atoms with E-state index in [0.717, 1.165) is 0 Å². The summed E-state index contributed by atoms with van der Waals surface area (Å²) in [5, 5.41) is 0. The van der Waals surface area contributed by atoms with Gasteiger partial charge in [0.05, 0.1) is 0 Å². The van der Waals surface area contributed by atoms with Crippen molar-refractivity contribution in [2.24, 2.45) is 0 Å². The molecule has 0 aromatic rings. The van der Waals surface area contributed by atoms with Crippen LogP contribution < -0.4 is 0 Å². The fourth-order valence-corrected chi connectivity index (χ4v) is 12.8. The summed E-state index contributed by atoms with van der Waals surface area (Å²) >= 11 is -0.967. The molecule has 2 heteroatoms. The Bertz CT molecular complexity index is 77.3. The van der Waals surface area contributed by atoms with Crippen LogP contribution in [0.25, 0.3) is 0 Å². The first-order valence-corrected chi connectivity index (χ1v) is 13.3. The van der Waals surface area contributed by atoms with Gasteiger partial charge in [-0.3, -0.25) is 0 Å². The minimum absolute atomic E-state index is 0. The van der Waals surface area contributed by atoms with Crippen LogP contribution in [0.2, 0.25) is 13.3 Å². The zero-order valence-electron chi connectivity index (χ0n) is 10.6. The summed E-state index contributed by atoms with van der Waals surface area (Å²) in [4.78, 5) is 0. The van der Waals surface area contributed by atoms with Crippen molar-refractivity contribution in [1.82, 2.24) is 0 Å². The van der Waals surface area contributed by atoms with Gasteiger partial charge in [0.15, 0.2) is 0 Å². The van der Waals surface area contributed by atoms with Crippen LogP contribution in [0.15, 0.2) is 0 Å². The van der Waals surface area contributed by atoms with Gasteiger partial charge < -0.3 is 0 Å². The Hall–Kier alpha value is 1.72. The summed E-state index contributed by atoms with van der Waals surface area (Å²) in [6.45, 7) is 7.01. The number of hydrogen-bond acceptors (Lipinski definition) is 0. The molecule has 0 rings (SSSR count). The van der Waals surface area contributed by atoms with Crippen LogP contribution in [0.4, 0.5) is 0 Å². The van der Waals surface area contributed by atoms with Gasteiger partial charge in [-0.25, -0.2) is 0 Å². The summed E-state index contributed by atoms with van der Waals surface area (Å²) in [7, 11) is 0. The van der Waals surface area contributed by atoms with Gasteiger partial charge in [0.1, 0.15) is 0 Å². The standard InChI is InChI=1S/3C4H9.Pb.Sn.3H/c3*1-3-4-2;;;;;/h3*1,3-4H2,2H3;;;;;. The van der Waals surface area contributed by atoms with E-state index >= 15 is 0 Å². The van der Waals surface area contributed by atoms with Crippen molar-refractivity contribution in [3.63, 3.8) is 0 Å². The van der Waals surface area contributed by atoms with Crippen molar-refractivity contribution < 1.29 is 0 Å². The third-order valence-corrected chi connectivity index (χ3v) is 13.4. The topological polar surface area (TPSA) is 0 Å². The van der Waals surface area contributed by atoms with E-state index in [1.165, 1.54) is 38.5 Å². The molecule has 0 aliphatic rings. The molecule has 0 saturated heterocycles. The number of unbranched alkanes of at least 4 members (excludes halogenated alkanes) is 3. The molecule has 0 aliphatic carbocycles. The van der Waals surface area contributed by atoms with Crippen molar-refractivity contribution in [2.75, 3.05) is 0 Å². The first-order chi connectivity index (χ1) is 6.35. The summed E-state index contributed by atoms with van der Waals surface area (Å²) in [6, 6.07) is 0. The second-order valence-corrected chi connectivity index (χ2v) is 14.2. The Morgan fingerprint density at radius 2 is 0.929 bits per heavy atom. The van der Waals surface area contributed by atoms with Crippen molar-refractivity contribution in [3.8, 4) is 0 Å². The van der Waals surface area contributed by atoms with E-state index in [0.29, 0.717) is 0 Å². The summed E-state index contributed by atoms with van der Waals surface area (Å²) in [6.07, 6.45) is 8.87. The molecule has 0 fully saturated rings. The molecular weight excluding hydrogens is 470 g/mol. The summed E-state index contributed by atoms with van der Waals surface area (Å²) < 4.78 is 5.08. The van der Waals surface area contributed by atoms with E-state index in [1.54, 1.807) is 13.3 Å². The Morgan fingerprint density at radius 1 is 0.643 bits per heavy atom. The molecule has 0 heterocycles. The third kappa shape index (κ3) is 11.8. The van der Waals surface area contributed by atoms with Crippen LogP contribution in [0.5, 0.6) is 0 Å². The van der Waals surface area contributed by atoms with Crippen LogP contribution >= 0.6 is 0 Å². The van der Waals surface area contributed by atoms with E-state index < -0.39 is 19.8 Å². The van der Waals surface area contributed by atoms with E-state index in [2.05, 4.69) is 20.8 Å². The van der Waals surface area contributed by atoms with Crippen molar-refractivity contribution >= 4 is 47.1 Å². The second kappa shape index (κ2) is 14.7. The predicted molar refractivity (Wildman–Crippen MR) is 74.8 cm³/mol. The maximum absolute atomic E-state index is 2.34. The molecule has 0 bridgehead atoms. The Kier molecular flexibility index (Phi) is 19.0. The molecular formula is C12H30PbSn. The number of rotatable bonds is 9. The molecule has 0 saturated carbocycles. The molecule has 86 valence electrons. The van der Waals surface area contributed by atoms with Crippen LogP contribution in [-0.4, -0.2) is 47.1 Å². The Labute approximate surface area is 119 Å². The van der Waals surface area contributed by atoms with Gasteiger partial charge in [-0.15, -0.1) is 0 Å². The van der Waals surface area contributed by atoms with Crippen LogP contribution in [0.1, 0.15) is 59.3 Å². The molecule has 0 aromatic heterocycles. The first-order valence-electron chi connectivity index (χ1n) is 6.35. The summed E-state index contributed by atoms with van der Waals surface area (Å²) in [5.74, 6) is 0. The van der Waals surface area contributed by atoms with E-state index in [1.807, 2.05) is 0 Å². The Morgan fingerprint density at radius 3 is 1.14 bits per heavy atom. The fraction of sp³-hybridized carbons (Fsp3) is 1.00. The molecule has 14 heavy (non-hydrogen) atoms. The van der Waals surface area contributed by atoms with E-state index in [-0.39, 0.29) is 27.3 Å². The zero-order valence-corrected chi connectivity index (χ0v) is 19.4. The molecule has 0 nitrogen and oxygen atoms in total. The molecule has 0 amide bonds. The van der Waals surface area contributed by atoms with Crippen molar-refractivity contribution in [2.45, 2.75) is 72.6 Å². The molecule has 0 unspecified atom stereocenters. The van der Waals surface area contributed by atoms with Gasteiger partial charge in [0.2, 0.25) is 0 Å². The molecule has 0 aliphatic heterocycles. The monoisotopic (exact) mass is 502 g/mol. The van der Waals surface area contributed by atoms with Crippen molar-refractivity contribution in [3.05, 3.63) is 0 Å². The van der Waals surface area contributed by atoms with Gasteiger partial charge >= 0.3 is 120 Å². The normalized spacial score (nSPS) is 10.3. The maximum atomic E-state index is 2.34. The molecule has 0 spiro atoms. The van der Waals surface area contributed by atoms with Gasteiger partial charge in [0, 0.05) is 0 Å². The van der Waals surface area contributed by atoms with Crippen LogP contribution in [0.3, 0.4) is 0 Å². The van der Waals surface area contributed by atoms with Gasteiger partial charge in [-0.2, -0.15) is 0 Å².